The molecular formula is C22H29Cl2N3O3. The molecule has 8 heteroatoms. The number of furan rings is 1. The lowest BCUT2D eigenvalue weighted by Gasteiger charge is -2.34. The molecule has 1 fully saturated rings. The number of aromatic nitrogens is 1. The zero-order valence-electron chi connectivity index (χ0n) is 17.3. The number of pyridine rings is 1. The van der Waals surface area contributed by atoms with Crippen molar-refractivity contribution in [2.45, 2.75) is 20.0 Å². The van der Waals surface area contributed by atoms with Crippen LogP contribution in [0.5, 0.6) is 5.75 Å². The van der Waals surface area contributed by atoms with Crippen molar-refractivity contribution in [3.05, 3.63) is 42.7 Å². The van der Waals surface area contributed by atoms with Crippen LogP contribution in [0.4, 0.5) is 5.82 Å². The quantitative estimate of drug-likeness (QED) is 0.601. The first-order chi connectivity index (χ1) is 13.7. The molecule has 2 aromatic heterocycles. The molecule has 0 spiro atoms. The van der Waals surface area contributed by atoms with E-state index in [1.54, 1.807) is 6.26 Å². The lowest BCUT2D eigenvalue weighted by Crippen LogP contribution is -2.46. The summed E-state index contributed by atoms with van der Waals surface area (Å²) < 4.78 is 11.4. The molecule has 1 atom stereocenters. The lowest BCUT2D eigenvalue weighted by atomic mass is 10.1. The maximum absolute atomic E-state index is 9.14. The van der Waals surface area contributed by atoms with E-state index >= 15 is 0 Å². The molecule has 1 N–H and O–H groups in total. The van der Waals surface area contributed by atoms with Crippen molar-refractivity contribution in [1.82, 2.24) is 9.88 Å². The standard InChI is InChI=1S/C22H27N3O3.2ClH/c1-3-24-9-11-25(12-10-24)22-21-18(8-13-27-21)14-20(23-22)17-4-6-19(7-5-17)28-16(2)15-26;;/h4-8,13-14,16,26H,3,9-12,15H2,1-2H3;2*1H/t16-;;/m0../s1. The molecule has 164 valence electrons. The summed E-state index contributed by atoms with van der Waals surface area (Å²) >= 11 is 0. The summed E-state index contributed by atoms with van der Waals surface area (Å²) in [7, 11) is 0. The number of nitrogens with zero attached hydrogens (tertiary/aromatic N) is 3. The van der Waals surface area contributed by atoms with Gasteiger partial charge in [0.25, 0.3) is 0 Å². The van der Waals surface area contributed by atoms with E-state index < -0.39 is 0 Å². The number of ether oxygens (including phenoxy) is 1. The molecule has 0 amide bonds. The molecule has 0 unspecified atom stereocenters. The molecule has 3 heterocycles. The van der Waals surface area contributed by atoms with Gasteiger partial charge in [0.1, 0.15) is 11.9 Å². The van der Waals surface area contributed by atoms with Crippen molar-refractivity contribution in [3.63, 3.8) is 0 Å². The van der Waals surface area contributed by atoms with Crippen LogP contribution in [0.3, 0.4) is 0 Å². The first kappa shape index (κ1) is 24.3. The SMILES string of the molecule is CCN1CCN(c2nc(-c3ccc(O[C@@H](C)CO)cc3)cc3ccoc23)CC1.Cl.Cl. The van der Waals surface area contributed by atoms with Gasteiger partial charge in [-0.3, -0.25) is 0 Å². The average molecular weight is 454 g/mol. The maximum atomic E-state index is 9.14. The van der Waals surface area contributed by atoms with E-state index in [1.165, 1.54) is 0 Å². The Balaban J connectivity index is 0.00000160. The number of anilines is 1. The second-order valence-corrected chi connectivity index (χ2v) is 7.23. The fourth-order valence-electron chi connectivity index (χ4n) is 3.57. The summed E-state index contributed by atoms with van der Waals surface area (Å²) in [5.74, 6) is 1.66. The van der Waals surface area contributed by atoms with Crippen molar-refractivity contribution in [2.24, 2.45) is 0 Å². The van der Waals surface area contributed by atoms with E-state index in [9.17, 15) is 0 Å². The number of aliphatic hydroxyl groups excluding tert-OH is 1. The Bertz CT molecular complexity index is 925. The van der Waals surface area contributed by atoms with Crippen LogP contribution in [-0.2, 0) is 0 Å². The van der Waals surface area contributed by atoms with Crippen molar-refractivity contribution in [2.75, 3.05) is 44.2 Å². The van der Waals surface area contributed by atoms with Gasteiger partial charge in [0.15, 0.2) is 11.4 Å². The number of fused-ring (bicyclic) bond motifs is 1. The third-order valence-corrected chi connectivity index (χ3v) is 5.28. The summed E-state index contributed by atoms with van der Waals surface area (Å²) in [6.07, 6.45) is 1.51. The van der Waals surface area contributed by atoms with Crippen molar-refractivity contribution in [3.8, 4) is 17.0 Å². The van der Waals surface area contributed by atoms with Crippen LogP contribution in [0.25, 0.3) is 22.2 Å². The van der Waals surface area contributed by atoms with Crippen molar-refractivity contribution >= 4 is 41.6 Å². The summed E-state index contributed by atoms with van der Waals surface area (Å²) in [6, 6.07) is 11.9. The highest BCUT2D eigenvalue weighted by atomic mass is 35.5. The molecule has 1 aromatic carbocycles. The molecule has 30 heavy (non-hydrogen) atoms. The van der Waals surface area contributed by atoms with Gasteiger partial charge in [-0.2, -0.15) is 0 Å². The Labute approximate surface area is 189 Å². The predicted molar refractivity (Wildman–Crippen MR) is 125 cm³/mol. The summed E-state index contributed by atoms with van der Waals surface area (Å²) in [4.78, 5) is 9.73. The number of piperazine rings is 1. The Morgan fingerprint density at radius 1 is 1.10 bits per heavy atom. The van der Waals surface area contributed by atoms with Crippen LogP contribution in [-0.4, -0.2) is 60.4 Å². The van der Waals surface area contributed by atoms with E-state index in [1.807, 2.05) is 37.3 Å². The molecule has 0 saturated carbocycles. The number of aliphatic hydroxyl groups is 1. The number of rotatable bonds is 6. The number of likely N-dealkylation sites (N-methyl/N-ethyl adjacent to an activating group) is 1. The average Bonchev–Trinajstić information content (AvgIpc) is 3.22. The second-order valence-electron chi connectivity index (χ2n) is 7.23. The Morgan fingerprint density at radius 2 is 1.80 bits per heavy atom. The minimum Gasteiger partial charge on any atom is -0.488 e. The van der Waals surface area contributed by atoms with Crippen LogP contribution in [0.2, 0.25) is 0 Å². The lowest BCUT2D eigenvalue weighted by molar-refractivity contribution is 0.130. The van der Waals surface area contributed by atoms with Gasteiger partial charge in [-0.25, -0.2) is 4.98 Å². The van der Waals surface area contributed by atoms with Crippen LogP contribution >= 0.6 is 24.8 Å². The Kier molecular flexibility index (Phi) is 8.79. The molecule has 1 aliphatic heterocycles. The molecule has 0 bridgehead atoms. The fourth-order valence-corrected chi connectivity index (χ4v) is 3.57. The van der Waals surface area contributed by atoms with Crippen LogP contribution < -0.4 is 9.64 Å². The van der Waals surface area contributed by atoms with Gasteiger partial charge in [0.05, 0.1) is 18.6 Å². The fraction of sp³-hybridized carbons (Fsp3) is 0.409. The number of benzene rings is 1. The molecule has 3 aromatic rings. The van der Waals surface area contributed by atoms with Gasteiger partial charge in [-0.15, -0.1) is 24.8 Å². The third-order valence-electron chi connectivity index (χ3n) is 5.28. The van der Waals surface area contributed by atoms with Crippen LogP contribution in [0.15, 0.2) is 47.1 Å². The van der Waals surface area contributed by atoms with Crippen LogP contribution in [0, 0.1) is 0 Å². The molecule has 0 aliphatic carbocycles. The van der Waals surface area contributed by atoms with Gasteiger partial charge in [0.2, 0.25) is 0 Å². The summed E-state index contributed by atoms with van der Waals surface area (Å²) in [5, 5.41) is 10.2. The zero-order chi connectivity index (χ0) is 19.5. The van der Waals surface area contributed by atoms with Gasteiger partial charge in [-0.1, -0.05) is 6.92 Å². The molecule has 4 rings (SSSR count). The third kappa shape index (κ3) is 5.19. The molecular weight excluding hydrogens is 425 g/mol. The van der Waals surface area contributed by atoms with E-state index in [4.69, 9.17) is 19.2 Å². The monoisotopic (exact) mass is 453 g/mol. The maximum Gasteiger partial charge on any atom is 0.176 e. The molecule has 1 saturated heterocycles. The van der Waals surface area contributed by atoms with Crippen LogP contribution in [0.1, 0.15) is 13.8 Å². The first-order valence-corrected chi connectivity index (χ1v) is 9.91. The minimum absolute atomic E-state index is 0. The Hall–Kier alpha value is -1.99. The molecule has 0 radical (unpaired) electrons. The largest absolute Gasteiger partial charge is 0.488 e. The number of hydrogen-bond donors (Lipinski definition) is 1. The minimum atomic E-state index is -0.223. The highest BCUT2D eigenvalue weighted by Crippen LogP contribution is 2.32. The zero-order valence-corrected chi connectivity index (χ0v) is 18.9. The van der Waals surface area contributed by atoms with Gasteiger partial charge < -0.3 is 24.1 Å². The van der Waals surface area contributed by atoms with E-state index in [2.05, 4.69) is 22.8 Å². The highest BCUT2D eigenvalue weighted by molar-refractivity contribution is 5.90. The highest BCUT2D eigenvalue weighted by Gasteiger charge is 2.21. The normalized spacial score (nSPS) is 15.4. The predicted octanol–water partition coefficient (Wildman–Crippen LogP) is 4.24. The van der Waals surface area contributed by atoms with Gasteiger partial charge >= 0.3 is 0 Å². The molecule has 1 aliphatic rings. The summed E-state index contributed by atoms with van der Waals surface area (Å²) in [5.41, 5.74) is 2.80. The number of hydrogen-bond acceptors (Lipinski definition) is 6. The smallest absolute Gasteiger partial charge is 0.176 e. The van der Waals surface area contributed by atoms with Crippen molar-refractivity contribution < 1.29 is 14.3 Å². The van der Waals surface area contributed by atoms with Gasteiger partial charge in [0, 0.05) is 37.1 Å². The summed E-state index contributed by atoms with van der Waals surface area (Å²) in [6.45, 7) is 9.11. The van der Waals surface area contributed by atoms with E-state index in [0.717, 1.165) is 66.5 Å². The number of halogens is 2. The van der Waals surface area contributed by atoms with E-state index in [0.29, 0.717) is 0 Å². The first-order valence-electron chi connectivity index (χ1n) is 9.91. The second kappa shape index (κ2) is 10.9. The van der Waals surface area contributed by atoms with Gasteiger partial charge in [-0.05, 0) is 49.9 Å². The van der Waals surface area contributed by atoms with E-state index in [-0.39, 0.29) is 37.5 Å². The topological polar surface area (TPSA) is 62.0 Å². The van der Waals surface area contributed by atoms with Crippen molar-refractivity contribution in [1.29, 1.82) is 0 Å². The molecule has 6 nitrogen and oxygen atoms in total. The Morgan fingerprint density at radius 3 is 2.43 bits per heavy atom.